The Morgan fingerprint density at radius 2 is 1.13 bits per heavy atom. The number of halogens is 3. The maximum atomic E-state index is 12.8. The molecule has 8 aromatic rings. The fourth-order valence-corrected chi connectivity index (χ4v) is 9.97. The lowest BCUT2D eigenvalue weighted by Crippen LogP contribution is -2.50. The third-order valence-corrected chi connectivity index (χ3v) is 13.6. The standard InChI is InChI=1S/C21H19N5O2S.C13H16N4O.C7H3ClN2OS.C6H15N.CH2Cl2/c1-11-19-14(12-5-2-3-7-15(12)24-19)9-17(23-11)21(28)22-10-18(27)13-6-4-8-16-20(13)29-26-25-16;1-7-12-9(6-11(15-7)13(18)17-14)8-4-2-3-5-10(8)16-12;8-7(11)4-2-1-3-5-6(4)12-10-9-5;1-4-7(5-2)6-3;2-1-3/h2-8,11,17,23-24H,9-10H2,1H3,(H,22,28);2-5,7,11,15-16H,6,14H2,1H3,(H,17,18);1-3H;4-6H2,1-3H3;1H2/t11-,17-;7-,11-;;;/m00.../s1. The van der Waals surface area contributed by atoms with Gasteiger partial charge in [0.2, 0.25) is 5.91 Å². The van der Waals surface area contributed by atoms with Gasteiger partial charge in [-0.05, 0) is 129 Å². The number of aromatic amines is 2. The van der Waals surface area contributed by atoms with E-state index in [0.29, 0.717) is 35.0 Å². The molecule has 0 radical (unpaired) electrons. The second-order valence-corrected chi connectivity index (χ2v) is 18.6. The first-order valence-corrected chi connectivity index (χ1v) is 25.4. The van der Waals surface area contributed by atoms with Crippen molar-refractivity contribution in [1.82, 2.24) is 55.4 Å². The predicted octanol–water partition coefficient (Wildman–Crippen LogP) is 8.32. The van der Waals surface area contributed by atoms with Crippen LogP contribution in [0.1, 0.15) is 89.9 Å². The van der Waals surface area contributed by atoms with Gasteiger partial charge in [-0.2, -0.15) is 0 Å². The number of fused-ring (bicyclic) bond motifs is 8. The highest BCUT2D eigenvalue weighted by Crippen LogP contribution is 2.33. The number of Topliss-reactive ketones (excluding diaryl/α,β-unsaturated/α-hetero) is 1. The highest BCUT2D eigenvalue weighted by Gasteiger charge is 2.32. The third kappa shape index (κ3) is 12.9. The number of amides is 2. The summed E-state index contributed by atoms with van der Waals surface area (Å²) < 4.78 is 9.12. The Morgan fingerprint density at radius 1 is 0.681 bits per heavy atom. The fourth-order valence-electron chi connectivity index (χ4n) is 8.39. The summed E-state index contributed by atoms with van der Waals surface area (Å²) in [5.41, 5.74) is 11.5. The van der Waals surface area contributed by atoms with Gasteiger partial charge in [-0.15, -0.1) is 33.4 Å². The number of hydrogen-bond donors (Lipinski definition) is 7. The molecular formula is C48H55Cl3N12O4S2. The zero-order valence-corrected chi connectivity index (χ0v) is 42.6. The summed E-state index contributed by atoms with van der Waals surface area (Å²) in [6.45, 7) is 14.2. The van der Waals surface area contributed by atoms with Crippen molar-refractivity contribution in [2.24, 2.45) is 5.84 Å². The van der Waals surface area contributed by atoms with Gasteiger partial charge in [0.15, 0.2) is 5.78 Å². The van der Waals surface area contributed by atoms with Crippen molar-refractivity contribution in [3.8, 4) is 0 Å². The monoisotopic (exact) mass is 1030 g/mol. The van der Waals surface area contributed by atoms with Crippen molar-refractivity contribution in [1.29, 1.82) is 0 Å². The number of para-hydroxylation sites is 2. The number of nitrogens with zero attached hydrogens (tertiary/aromatic N) is 5. The number of rotatable bonds is 9. The molecule has 0 spiro atoms. The first-order valence-electron chi connectivity index (χ1n) is 22.4. The minimum absolute atomic E-state index is 0.0228. The van der Waals surface area contributed by atoms with Gasteiger partial charge in [-0.3, -0.25) is 35.2 Å². The maximum Gasteiger partial charge on any atom is 0.253 e. The topological polar surface area (TPSA) is 229 Å². The maximum absolute atomic E-state index is 12.8. The Balaban J connectivity index is 0.000000166. The molecule has 2 aliphatic heterocycles. The number of aromatic nitrogens is 6. The number of ketones is 1. The minimum atomic E-state index is -0.466. The van der Waals surface area contributed by atoms with Gasteiger partial charge in [0.05, 0.1) is 38.9 Å². The molecule has 69 heavy (non-hydrogen) atoms. The Kier molecular flexibility index (Phi) is 19.5. The van der Waals surface area contributed by atoms with Crippen molar-refractivity contribution in [3.63, 3.8) is 0 Å². The highest BCUT2D eigenvalue weighted by molar-refractivity contribution is 7.13. The van der Waals surface area contributed by atoms with E-state index in [1.807, 2.05) is 50.2 Å². The lowest BCUT2D eigenvalue weighted by Gasteiger charge is -2.28. The van der Waals surface area contributed by atoms with Crippen molar-refractivity contribution >= 4 is 123 Å². The summed E-state index contributed by atoms with van der Waals surface area (Å²) in [5, 5.41) is 19.3. The van der Waals surface area contributed by atoms with E-state index in [1.165, 1.54) is 59.2 Å². The average Bonchev–Trinajstić information content (AvgIpc) is 4.20. The summed E-state index contributed by atoms with van der Waals surface area (Å²) in [7, 11) is 0. The van der Waals surface area contributed by atoms with Gasteiger partial charge in [-0.1, -0.05) is 78.3 Å². The molecule has 0 saturated carbocycles. The average molecular weight is 1030 g/mol. The number of benzene rings is 4. The number of carbonyl (C=O) groups is 4. The van der Waals surface area contributed by atoms with Crippen LogP contribution < -0.4 is 27.2 Å². The van der Waals surface area contributed by atoms with Gasteiger partial charge in [0.1, 0.15) is 11.0 Å². The fraction of sp³-hybridized carbons (Fsp3) is 0.333. The molecule has 16 nitrogen and oxygen atoms in total. The number of hydrogen-bond acceptors (Lipinski definition) is 14. The molecule has 4 aromatic carbocycles. The van der Waals surface area contributed by atoms with Crippen molar-refractivity contribution in [3.05, 3.63) is 119 Å². The Labute approximate surface area is 422 Å². The summed E-state index contributed by atoms with van der Waals surface area (Å²) in [5.74, 6) is 4.72. The van der Waals surface area contributed by atoms with E-state index in [-0.39, 0.29) is 53.6 Å². The second kappa shape index (κ2) is 25.4. The molecule has 364 valence electrons. The molecule has 10 rings (SSSR count). The Hall–Kier alpha value is -5.41. The van der Waals surface area contributed by atoms with Crippen LogP contribution in [0.5, 0.6) is 0 Å². The molecule has 2 amide bonds. The van der Waals surface area contributed by atoms with E-state index in [2.05, 4.69) is 94.4 Å². The molecule has 0 fully saturated rings. The van der Waals surface area contributed by atoms with Gasteiger partial charge in [0.25, 0.3) is 11.1 Å². The van der Waals surface area contributed by atoms with Crippen LogP contribution in [0.25, 0.3) is 42.2 Å². The molecule has 21 heteroatoms. The second-order valence-electron chi connectivity index (χ2n) is 15.9. The summed E-state index contributed by atoms with van der Waals surface area (Å²) in [6.07, 6.45) is 1.24. The van der Waals surface area contributed by atoms with E-state index in [9.17, 15) is 19.2 Å². The minimum Gasteiger partial charge on any atom is -0.357 e. The number of nitrogens with one attached hydrogen (secondary N) is 6. The third-order valence-electron chi connectivity index (χ3n) is 11.9. The molecule has 0 saturated heterocycles. The van der Waals surface area contributed by atoms with Crippen LogP contribution in [0.3, 0.4) is 0 Å². The molecule has 4 atom stereocenters. The predicted molar refractivity (Wildman–Crippen MR) is 279 cm³/mol. The quantitative estimate of drug-likeness (QED) is 0.0181. The van der Waals surface area contributed by atoms with Crippen LogP contribution in [-0.4, -0.2) is 100 Å². The van der Waals surface area contributed by atoms with E-state index >= 15 is 0 Å². The molecule has 6 heterocycles. The number of hydrazine groups is 1. The number of alkyl halides is 2. The van der Waals surface area contributed by atoms with Crippen LogP contribution in [0.15, 0.2) is 84.9 Å². The van der Waals surface area contributed by atoms with Gasteiger partial charge >= 0.3 is 0 Å². The van der Waals surface area contributed by atoms with Crippen LogP contribution in [-0.2, 0) is 22.4 Å². The highest BCUT2D eigenvalue weighted by atomic mass is 35.5. The summed E-state index contributed by atoms with van der Waals surface area (Å²) >= 11 is 17.2. The summed E-state index contributed by atoms with van der Waals surface area (Å²) in [6, 6.07) is 26.3. The van der Waals surface area contributed by atoms with Crippen LogP contribution in [0, 0.1) is 0 Å². The SMILES string of the molecule is CCN(CC)CC.C[C@@H]1N[C@H](C(=O)NCC(=O)c2cccc3nnsc23)Cc2c1[nH]c1ccccc21.C[C@@H]1N[C@H](C(=O)NN)Cc2c1[nH]c1ccccc21.ClCCl.O=C(Cl)c1cccc2nnsc12. The van der Waals surface area contributed by atoms with Crippen LogP contribution in [0.4, 0.5) is 0 Å². The van der Waals surface area contributed by atoms with Gasteiger partial charge in [-0.25, -0.2) is 5.84 Å². The zero-order valence-electron chi connectivity index (χ0n) is 38.7. The first kappa shape index (κ1) is 53.0. The molecule has 0 aliphatic carbocycles. The normalized spacial score (nSPS) is 16.9. The zero-order chi connectivity index (χ0) is 49.6. The smallest absolute Gasteiger partial charge is 0.253 e. The van der Waals surface area contributed by atoms with Crippen LogP contribution >= 0.6 is 57.9 Å². The van der Waals surface area contributed by atoms with Crippen molar-refractivity contribution < 1.29 is 19.2 Å². The Morgan fingerprint density at radius 3 is 1.58 bits per heavy atom. The molecule has 2 aliphatic rings. The van der Waals surface area contributed by atoms with E-state index < -0.39 is 5.24 Å². The van der Waals surface area contributed by atoms with Crippen molar-refractivity contribution in [2.75, 3.05) is 31.5 Å². The number of carbonyl (C=O) groups excluding carboxylic acids is 4. The van der Waals surface area contributed by atoms with Crippen LogP contribution in [0.2, 0.25) is 0 Å². The van der Waals surface area contributed by atoms with Gasteiger partial charge in [0, 0.05) is 50.8 Å². The lowest BCUT2D eigenvalue weighted by atomic mass is 9.94. The molecule has 0 bridgehead atoms. The van der Waals surface area contributed by atoms with Gasteiger partial charge < -0.3 is 20.2 Å². The molecular weight excluding hydrogens is 979 g/mol. The van der Waals surface area contributed by atoms with E-state index in [0.717, 1.165) is 37.2 Å². The first-order chi connectivity index (χ1) is 33.4. The number of H-pyrrole nitrogens is 2. The largest absolute Gasteiger partial charge is 0.357 e. The molecule has 8 N–H and O–H groups in total. The molecule has 4 aromatic heterocycles. The summed E-state index contributed by atoms with van der Waals surface area (Å²) in [4.78, 5) is 57.2. The Bertz CT molecular complexity index is 3000. The van der Waals surface area contributed by atoms with E-state index in [1.54, 1.807) is 30.3 Å². The molecule has 0 unspecified atom stereocenters. The number of nitrogens with two attached hydrogens (primary N) is 1. The lowest BCUT2D eigenvalue weighted by molar-refractivity contribution is -0.124. The van der Waals surface area contributed by atoms with E-state index in [4.69, 9.17) is 40.6 Å². The van der Waals surface area contributed by atoms with Crippen molar-refractivity contribution in [2.45, 2.75) is 71.6 Å².